The molecule has 7 heteroatoms. The maximum absolute atomic E-state index is 8.37. The predicted molar refractivity (Wildman–Crippen MR) is 47.9 cm³/mol. The van der Waals surface area contributed by atoms with E-state index in [1.807, 2.05) is 0 Å². The van der Waals surface area contributed by atoms with Crippen LogP contribution >= 0.6 is 0 Å². The van der Waals surface area contributed by atoms with E-state index in [1.165, 1.54) is 4.52 Å². The maximum Gasteiger partial charge on any atom is 0.250 e. The van der Waals surface area contributed by atoms with Gasteiger partial charge in [-0.25, -0.2) is 14.5 Å². The second-order valence-corrected chi connectivity index (χ2v) is 2.69. The number of nitrogens with zero attached hydrogens (tertiary/aromatic N) is 5. The fourth-order valence-corrected chi connectivity index (χ4v) is 1.09. The molecule has 0 amide bonds. The Hall–Kier alpha value is -2.18. The maximum atomic E-state index is 8.37. The van der Waals surface area contributed by atoms with Crippen molar-refractivity contribution in [2.45, 2.75) is 6.42 Å². The molecule has 0 aliphatic rings. The number of fused-ring (bicyclic) bond motifs is 1. The van der Waals surface area contributed by atoms with E-state index in [9.17, 15) is 0 Å². The minimum absolute atomic E-state index is 0.105. The summed E-state index contributed by atoms with van der Waals surface area (Å²) < 4.78 is 1.53. The van der Waals surface area contributed by atoms with Crippen molar-refractivity contribution < 1.29 is 5.21 Å². The highest BCUT2D eigenvalue weighted by Gasteiger charge is 2.04. The summed E-state index contributed by atoms with van der Waals surface area (Å²) >= 11 is 0. The van der Waals surface area contributed by atoms with E-state index >= 15 is 0 Å². The summed E-state index contributed by atoms with van der Waals surface area (Å²) in [5, 5.41) is 15.2. The zero-order valence-electron chi connectivity index (χ0n) is 7.20. The Bertz CT molecular complexity index is 443. The van der Waals surface area contributed by atoms with Gasteiger partial charge in [0.1, 0.15) is 5.84 Å². The van der Waals surface area contributed by atoms with Crippen molar-refractivity contribution in [3.05, 3.63) is 24.3 Å². The second-order valence-electron chi connectivity index (χ2n) is 2.69. The Balaban J connectivity index is 2.36. The van der Waals surface area contributed by atoms with Crippen molar-refractivity contribution in [3.63, 3.8) is 0 Å². The van der Waals surface area contributed by atoms with Crippen molar-refractivity contribution in [2.24, 2.45) is 10.9 Å². The van der Waals surface area contributed by atoms with Gasteiger partial charge in [-0.2, -0.15) is 5.10 Å². The Morgan fingerprint density at radius 2 is 2.43 bits per heavy atom. The molecule has 14 heavy (non-hydrogen) atoms. The third-order valence-electron chi connectivity index (χ3n) is 1.66. The van der Waals surface area contributed by atoms with Crippen molar-refractivity contribution in [1.29, 1.82) is 0 Å². The molecule has 2 aromatic heterocycles. The molecule has 2 aromatic rings. The zero-order chi connectivity index (χ0) is 9.97. The molecule has 0 aliphatic carbocycles. The minimum atomic E-state index is 0.105. The highest BCUT2D eigenvalue weighted by atomic mass is 16.4. The van der Waals surface area contributed by atoms with Crippen molar-refractivity contribution >= 4 is 11.6 Å². The minimum Gasteiger partial charge on any atom is -0.409 e. The van der Waals surface area contributed by atoms with Gasteiger partial charge in [0, 0.05) is 0 Å². The third kappa shape index (κ3) is 1.47. The van der Waals surface area contributed by atoms with E-state index in [2.05, 4.69) is 20.2 Å². The number of nitrogens with two attached hydrogens (primary N) is 1. The Kier molecular flexibility index (Phi) is 1.98. The molecule has 0 aliphatic heterocycles. The third-order valence-corrected chi connectivity index (χ3v) is 1.66. The molecule has 0 radical (unpaired) electrons. The molecule has 0 saturated carbocycles. The van der Waals surface area contributed by atoms with Crippen molar-refractivity contribution in [3.8, 4) is 0 Å². The van der Waals surface area contributed by atoms with Crippen LogP contribution in [0.4, 0.5) is 0 Å². The molecule has 2 heterocycles. The number of imidazole rings is 1. The number of hydrogen-bond acceptors (Lipinski definition) is 5. The quantitative estimate of drug-likeness (QED) is 0.286. The van der Waals surface area contributed by atoms with Gasteiger partial charge in [0.25, 0.3) is 5.78 Å². The molecule has 72 valence electrons. The highest BCUT2D eigenvalue weighted by Crippen LogP contribution is 2.00. The highest BCUT2D eigenvalue weighted by molar-refractivity contribution is 5.81. The molecular formula is C7H8N6O. The molecule has 0 saturated heterocycles. The van der Waals surface area contributed by atoms with Crippen LogP contribution in [0, 0.1) is 0 Å². The summed E-state index contributed by atoms with van der Waals surface area (Å²) in [6, 6.07) is 0. The van der Waals surface area contributed by atoms with Crippen LogP contribution in [0.25, 0.3) is 5.78 Å². The Morgan fingerprint density at radius 1 is 1.57 bits per heavy atom. The summed E-state index contributed by atoms with van der Waals surface area (Å²) in [5.41, 5.74) is 6.00. The average Bonchev–Trinajstić information content (AvgIpc) is 2.59. The predicted octanol–water partition coefficient (Wildman–Crippen LogP) is -0.587. The van der Waals surface area contributed by atoms with Gasteiger partial charge in [0.15, 0.2) is 0 Å². The first-order valence-electron chi connectivity index (χ1n) is 3.91. The van der Waals surface area contributed by atoms with E-state index in [0.29, 0.717) is 11.5 Å². The molecule has 0 atom stereocenters. The van der Waals surface area contributed by atoms with Crippen LogP contribution in [-0.2, 0) is 6.42 Å². The summed E-state index contributed by atoms with van der Waals surface area (Å²) in [7, 11) is 0. The SMILES string of the molecule is N/C(Cc1cn2nccnc2n1)=N\O. The van der Waals surface area contributed by atoms with Crippen LogP contribution in [0.3, 0.4) is 0 Å². The smallest absolute Gasteiger partial charge is 0.250 e. The monoisotopic (exact) mass is 192 g/mol. The first-order chi connectivity index (χ1) is 6.79. The summed E-state index contributed by atoms with van der Waals surface area (Å²) in [6.07, 6.45) is 5.07. The Morgan fingerprint density at radius 3 is 3.14 bits per heavy atom. The zero-order valence-corrected chi connectivity index (χ0v) is 7.20. The lowest BCUT2D eigenvalue weighted by molar-refractivity contribution is 0.317. The van der Waals surface area contributed by atoms with Crippen LogP contribution in [0.1, 0.15) is 5.69 Å². The summed E-state index contributed by atoms with van der Waals surface area (Å²) in [5.74, 6) is 0.599. The van der Waals surface area contributed by atoms with Crippen molar-refractivity contribution in [1.82, 2.24) is 19.6 Å². The molecule has 0 spiro atoms. The van der Waals surface area contributed by atoms with E-state index < -0.39 is 0 Å². The Labute approximate surface area is 78.9 Å². The van der Waals surface area contributed by atoms with E-state index in [0.717, 1.165) is 0 Å². The van der Waals surface area contributed by atoms with Crippen LogP contribution in [0.5, 0.6) is 0 Å². The number of rotatable bonds is 2. The lowest BCUT2D eigenvalue weighted by Gasteiger charge is -1.90. The van der Waals surface area contributed by atoms with Crippen LogP contribution in [-0.4, -0.2) is 30.6 Å². The van der Waals surface area contributed by atoms with Crippen LogP contribution in [0.15, 0.2) is 23.7 Å². The van der Waals surface area contributed by atoms with Gasteiger partial charge in [0.2, 0.25) is 0 Å². The molecule has 3 N–H and O–H groups in total. The fraction of sp³-hybridized carbons (Fsp3) is 0.143. The van der Waals surface area contributed by atoms with Crippen LogP contribution in [0.2, 0.25) is 0 Å². The van der Waals surface area contributed by atoms with Crippen molar-refractivity contribution in [2.75, 3.05) is 0 Å². The number of oxime groups is 1. The lowest BCUT2D eigenvalue weighted by atomic mass is 10.3. The molecule has 0 fully saturated rings. The molecule has 0 bridgehead atoms. The van der Waals surface area contributed by atoms with E-state index in [4.69, 9.17) is 10.9 Å². The van der Waals surface area contributed by atoms with E-state index in [-0.39, 0.29) is 12.3 Å². The second kappa shape index (κ2) is 3.29. The average molecular weight is 192 g/mol. The van der Waals surface area contributed by atoms with Gasteiger partial charge in [-0.3, -0.25) is 0 Å². The normalized spacial score (nSPS) is 12.1. The number of hydrogen-bond donors (Lipinski definition) is 2. The number of aromatic nitrogens is 4. The first kappa shape index (κ1) is 8.42. The molecule has 0 unspecified atom stereocenters. The van der Waals surface area contributed by atoms with Crippen LogP contribution < -0.4 is 5.73 Å². The largest absolute Gasteiger partial charge is 0.409 e. The first-order valence-corrected chi connectivity index (χ1v) is 3.91. The fourth-order valence-electron chi connectivity index (χ4n) is 1.09. The lowest BCUT2D eigenvalue weighted by Crippen LogP contribution is -2.14. The van der Waals surface area contributed by atoms with Gasteiger partial charge < -0.3 is 10.9 Å². The summed E-state index contributed by atoms with van der Waals surface area (Å²) in [6.45, 7) is 0. The molecule has 0 aromatic carbocycles. The van der Waals surface area contributed by atoms with Gasteiger partial charge >= 0.3 is 0 Å². The molecule has 7 nitrogen and oxygen atoms in total. The topological polar surface area (TPSA) is 102 Å². The van der Waals surface area contributed by atoms with Gasteiger partial charge in [-0.1, -0.05) is 5.16 Å². The van der Waals surface area contributed by atoms with E-state index in [1.54, 1.807) is 18.6 Å². The van der Waals surface area contributed by atoms with Gasteiger partial charge in [-0.05, 0) is 0 Å². The molecular weight excluding hydrogens is 184 g/mol. The standard InChI is InChI=1S/C7H8N6O/c8-6(12-14)3-5-4-13-7(11-5)9-1-2-10-13/h1-2,4,14H,3H2,(H2,8,12). The molecule has 2 rings (SSSR count). The number of amidine groups is 1. The van der Waals surface area contributed by atoms with Gasteiger partial charge in [-0.15, -0.1) is 0 Å². The summed E-state index contributed by atoms with van der Waals surface area (Å²) in [4.78, 5) is 8.10. The van der Waals surface area contributed by atoms with Gasteiger partial charge in [0.05, 0.1) is 30.7 Å².